The lowest BCUT2D eigenvalue weighted by Crippen LogP contribution is -2.40. The van der Waals surface area contributed by atoms with Gasteiger partial charge in [-0.05, 0) is 24.5 Å². The molecule has 136 valence electrons. The van der Waals surface area contributed by atoms with Crippen LogP contribution < -0.4 is 4.74 Å². The van der Waals surface area contributed by atoms with Gasteiger partial charge in [-0.25, -0.2) is 0 Å². The summed E-state index contributed by atoms with van der Waals surface area (Å²) >= 11 is 0. The zero-order chi connectivity index (χ0) is 18.4. The summed E-state index contributed by atoms with van der Waals surface area (Å²) in [6, 6.07) is 17.8. The summed E-state index contributed by atoms with van der Waals surface area (Å²) in [6.07, 6.45) is 1.35. The van der Waals surface area contributed by atoms with Crippen molar-refractivity contribution in [3.63, 3.8) is 0 Å². The van der Waals surface area contributed by atoms with Crippen molar-refractivity contribution in [1.82, 2.24) is 4.90 Å². The quantitative estimate of drug-likeness (QED) is 0.864. The number of carbonyl (C=O) groups excluding carboxylic acids is 1. The number of amides is 1. The second-order valence-electron chi connectivity index (χ2n) is 6.45. The Labute approximate surface area is 153 Å². The van der Waals surface area contributed by atoms with Gasteiger partial charge in [0.15, 0.2) is 0 Å². The van der Waals surface area contributed by atoms with Crippen molar-refractivity contribution in [1.29, 1.82) is 0 Å². The van der Waals surface area contributed by atoms with E-state index < -0.39 is 5.97 Å². The Morgan fingerprint density at radius 3 is 2.35 bits per heavy atom. The molecule has 0 atom stereocenters. The molecule has 26 heavy (non-hydrogen) atoms. The third-order valence-electron chi connectivity index (χ3n) is 4.74. The first kappa shape index (κ1) is 18.0. The van der Waals surface area contributed by atoms with E-state index in [1.54, 1.807) is 4.90 Å². The molecule has 1 fully saturated rings. The molecule has 1 saturated heterocycles. The largest absolute Gasteiger partial charge is 0.492 e. The predicted molar refractivity (Wildman–Crippen MR) is 98.9 cm³/mol. The Kier molecular flexibility index (Phi) is 5.89. The molecule has 3 rings (SSSR count). The molecule has 1 aliphatic rings. The summed E-state index contributed by atoms with van der Waals surface area (Å²) in [7, 11) is 0. The van der Waals surface area contributed by atoms with Crippen LogP contribution in [-0.2, 0) is 9.59 Å². The molecule has 2 aromatic carbocycles. The van der Waals surface area contributed by atoms with Crippen LogP contribution >= 0.6 is 0 Å². The van der Waals surface area contributed by atoms with E-state index in [1.807, 2.05) is 54.6 Å². The van der Waals surface area contributed by atoms with Gasteiger partial charge in [0.2, 0.25) is 5.91 Å². The van der Waals surface area contributed by atoms with Crippen molar-refractivity contribution in [3.8, 4) is 16.9 Å². The van der Waals surface area contributed by atoms with Crippen molar-refractivity contribution in [3.05, 3.63) is 54.6 Å². The van der Waals surface area contributed by atoms with Crippen LogP contribution in [0.5, 0.6) is 5.75 Å². The zero-order valence-corrected chi connectivity index (χ0v) is 14.6. The van der Waals surface area contributed by atoms with E-state index >= 15 is 0 Å². The van der Waals surface area contributed by atoms with Crippen LogP contribution in [0.4, 0.5) is 0 Å². The molecule has 1 amide bonds. The number of rotatable bonds is 6. The molecule has 1 N–H and O–H groups in total. The van der Waals surface area contributed by atoms with E-state index in [-0.39, 0.29) is 11.8 Å². The van der Waals surface area contributed by atoms with Crippen LogP contribution in [0.15, 0.2) is 54.6 Å². The summed E-state index contributed by atoms with van der Waals surface area (Å²) < 4.78 is 5.87. The molecule has 1 aliphatic heterocycles. The molecule has 1 heterocycles. The maximum atomic E-state index is 12.3. The van der Waals surface area contributed by atoms with Crippen LogP contribution in [0.3, 0.4) is 0 Å². The Bertz CT molecular complexity index is 752. The van der Waals surface area contributed by atoms with Gasteiger partial charge in [-0.2, -0.15) is 0 Å². The summed E-state index contributed by atoms with van der Waals surface area (Å²) in [5.74, 6) is -0.312. The molecular formula is C21H23NO4. The van der Waals surface area contributed by atoms with Gasteiger partial charge in [0.25, 0.3) is 0 Å². The number of hydrogen-bond acceptors (Lipinski definition) is 3. The number of piperidine rings is 1. The standard InChI is InChI=1S/C21H23NO4/c23-20(22-13-10-17(11-14-22)21(24)25)12-15-26-19-9-5-4-8-18(19)16-6-2-1-3-7-16/h1-9,17H,10-15H2,(H,24,25). The fraction of sp³-hybridized carbons (Fsp3) is 0.333. The Morgan fingerprint density at radius 1 is 1.00 bits per heavy atom. The van der Waals surface area contributed by atoms with Crippen LogP contribution in [0.2, 0.25) is 0 Å². The van der Waals surface area contributed by atoms with Gasteiger partial charge < -0.3 is 14.7 Å². The minimum Gasteiger partial charge on any atom is -0.492 e. The lowest BCUT2D eigenvalue weighted by atomic mass is 9.97. The molecule has 0 radical (unpaired) electrons. The van der Waals surface area contributed by atoms with Crippen molar-refractivity contribution in [2.24, 2.45) is 5.92 Å². The van der Waals surface area contributed by atoms with Gasteiger partial charge in [0.05, 0.1) is 18.9 Å². The molecule has 0 saturated carbocycles. The average molecular weight is 353 g/mol. The third kappa shape index (κ3) is 4.42. The van der Waals surface area contributed by atoms with E-state index in [4.69, 9.17) is 9.84 Å². The van der Waals surface area contributed by atoms with Gasteiger partial charge in [0, 0.05) is 18.7 Å². The first-order valence-electron chi connectivity index (χ1n) is 8.93. The first-order valence-corrected chi connectivity index (χ1v) is 8.93. The van der Waals surface area contributed by atoms with E-state index in [1.165, 1.54) is 0 Å². The number of carboxylic acid groups (broad SMARTS) is 1. The number of likely N-dealkylation sites (tertiary alicyclic amines) is 1. The fourth-order valence-corrected chi connectivity index (χ4v) is 3.23. The van der Waals surface area contributed by atoms with Gasteiger partial charge in [0.1, 0.15) is 5.75 Å². The topological polar surface area (TPSA) is 66.8 Å². The van der Waals surface area contributed by atoms with Crippen molar-refractivity contribution < 1.29 is 19.4 Å². The molecule has 0 bridgehead atoms. The summed E-state index contributed by atoms with van der Waals surface area (Å²) in [6.45, 7) is 1.33. The number of carbonyl (C=O) groups is 2. The van der Waals surface area contributed by atoms with Crippen LogP contribution in [0.1, 0.15) is 19.3 Å². The highest BCUT2D eigenvalue weighted by atomic mass is 16.5. The maximum Gasteiger partial charge on any atom is 0.306 e. The summed E-state index contributed by atoms with van der Waals surface area (Å²) in [5, 5.41) is 9.03. The Hall–Kier alpha value is -2.82. The smallest absolute Gasteiger partial charge is 0.306 e. The first-order chi connectivity index (χ1) is 12.6. The highest BCUT2D eigenvalue weighted by Crippen LogP contribution is 2.29. The molecule has 0 aliphatic carbocycles. The lowest BCUT2D eigenvalue weighted by Gasteiger charge is -2.30. The van der Waals surface area contributed by atoms with Gasteiger partial charge >= 0.3 is 5.97 Å². The van der Waals surface area contributed by atoms with Crippen LogP contribution in [-0.4, -0.2) is 41.6 Å². The zero-order valence-electron chi connectivity index (χ0n) is 14.6. The number of para-hydroxylation sites is 1. The molecule has 5 heteroatoms. The monoisotopic (exact) mass is 353 g/mol. The second kappa shape index (κ2) is 8.52. The summed E-state index contributed by atoms with van der Waals surface area (Å²) in [5.41, 5.74) is 2.08. The number of hydrogen-bond donors (Lipinski definition) is 1. The number of ether oxygens (including phenoxy) is 1. The van der Waals surface area contributed by atoms with Crippen molar-refractivity contribution in [2.75, 3.05) is 19.7 Å². The fourth-order valence-electron chi connectivity index (χ4n) is 3.23. The Balaban J connectivity index is 1.53. The van der Waals surface area contributed by atoms with Gasteiger partial charge in [-0.3, -0.25) is 9.59 Å². The normalized spacial score (nSPS) is 14.8. The maximum absolute atomic E-state index is 12.3. The van der Waals surface area contributed by atoms with Gasteiger partial charge in [-0.15, -0.1) is 0 Å². The minimum absolute atomic E-state index is 0.0195. The van der Waals surface area contributed by atoms with Crippen LogP contribution in [0, 0.1) is 5.92 Å². The highest BCUT2D eigenvalue weighted by molar-refractivity contribution is 5.77. The molecule has 0 spiro atoms. The van der Waals surface area contributed by atoms with Crippen LogP contribution in [0.25, 0.3) is 11.1 Å². The SMILES string of the molecule is O=C(O)C1CCN(C(=O)CCOc2ccccc2-c2ccccc2)CC1. The number of carboxylic acids is 1. The molecule has 5 nitrogen and oxygen atoms in total. The highest BCUT2D eigenvalue weighted by Gasteiger charge is 2.26. The van der Waals surface area contributed by atoms with E-state index in [0.717, 1.165) is 16.9 Å². The average Bonchev–Trinajstić information content (AvgIpc) is 2.69. The molecule has 2 aromatic rings. The van der Waals surface area contributed by atoms with E-state index in [0.29, 0.717) is 39.0 Å². The minimum atomic E-state index is -0.766. The third-order valence-corrected chi connectivity index (χ3v) is 4.74. The second-order valence-corrected chi connectivity index (χ2v) is 6.45. The number of benzene rings is 2. The Morgan fingerprint density at radius 2 is 1.65 bits per heavy atom. The van der Waals surface area contributed by atoms with Gasteiger partial charge in [-0.1, -0.05) is 48.5 Å². The summed E-state index contributed by atoms with van der Waals surface area (Å²) in [4.78, 5) is 25.0. The lowest BCUT2D eigenvalue weighted by molar-refractivity contribution is -0.145. The van der Waals surface area contributed by atoms with Crippen molar-refractivity contribution >= 4 is 11.9 Å². The van der Waals surface area contributed by atoms with E-state index in [2.05, 4.69) is 0 Å². The molecular weight excluding hydrogens is 330 g/mol. The predicted octanol–water partition coefficient (Wildman–Crippen LogP) is 3.45. The number of nitrogens with zero attached hydrogens (tertiary/aromatic N) is 1. The molecule has 0 unspecified atom stereocenters. The van der Waals surface area contributed by atoms with E-state index in [9.17, 15) is 9.59 Å². The molecule has 0 aromatic heterocycles. The number of aliphatic carboxylic acids is 1. The van der Waals surface area contributed by atoms with Crippen molar-refractivity contribution in [2.45, 2.75) is 19.3 Å².